The highest BCUT2D eigenvalue weighted by Crippen LogP contribution is 2.20. The average Bonchev–Trinajstić information content (AvgIpc) is 2.81. The van der Waals surface area contributed by atoms with E-state index in [0.717, 1.165) is 0 Å². The van der Waals surface area contributed by atoms with Crippen LogP contribution in [0.3, 0.4) is 0 Å². The molecule has 1 aromatic rings. The van der Waals surface area contributed by atoms with Crippen molar-refractivity contribution in [2.24, 2.45) is 0 Å². The Morgan fingerprint density at radius 1 is 1.50 bits per heavy atom. The number of nitrogens with zero attached hydrogens (tertiary/aromatic N) is 2. The molecule has 98 valence electrons. The van der Waals surface area contributed by atoms with Gasteiger partial charge < -0.3 is 14.1 Å². The Morgan fingerprint density at radius 2 is 2.22 bits per heavy atom. The maximum absolute atomic E-state index is 12.1. The van der Waals surface area contributed by atoms with Gasteiger partial charge in [0.15, 0.2) is 5.76 Å². The standard InChI is InChI=1S/C11H14N2O5/c1-7-6-17-8(2)5-12(7)11(14)9-3-4-10(18-9)13(15)16/h3-4,7-8H,5-6H2,1-2H3/t7-,8+/m0/s1. The van der Waals surface area contributed by atoms with Crippen molar-refractivity contribution < 1.29 is 18.9 Å². The van der Waals surface area contributed by atoms with Gasteiger partial charge in [-0.05, 0) is 19.9 Å². The van der Waals surface area contributed by atoms with Crippen LogP contribution in [-0.2, 0) is 4.74 Å². The molecule has 0 N–H and O–H groups in total. The van der Waals surface area contributed by atoms with E-state index in [9.17, 15) is 14.9 Å². The van der Waals surface area contributed by atoms with Crippen LogP contribution in [0, 0.1) is 10.1 Å². The summed E-state index contributed by atoms with van der Waals surface area (Å²) in [6.45, 7) is 4.64. The van der Waals surface area contributed by atoms with E-state index in [-0.39, 0.29) is 23.8 Å². The van der Waals surface area contributed by atoms with Crippen LogP contribution in [0.1, 0.15) is 24.4 Å². The Labute approximate surface area is 103 Å². The Bertz CT molecular complexity index is 470. The van der Waals surface area contributed by atoms with Gasteiger partial charge in [0, 0.05) is 6.54 Å². The summed E-state index contributed by atoms with van der Waals surface area (Å²) in [6.07, 6.45) is -0.0462. The molecule has 1 saturated heterocycles. The molecule has 0 unspecified atom stereocenters. The van der Waals surface area contributed by atoms with Crippen LogP contribution in [0.25, 0.3) is 0 Å². The number of carbonyl (C=O) groups excluding carboxylic acids is 1. The zero-order valence-corrected chi connectivity index (χ0v) is 10.2. The average molecular weight is 254 g/mol. The quantitative estimate of drug-likeness (QED) is 0.588. The first-order valence-electron chi connectivity index (χ1n) is 5.66. The van der Waals surface area contributed by atoms with E-state index in [1.807, 2.05) is 13.8 Å². The molecule has 1 aromatic heterocycles. The minimum Gasteiger partial charge on any atom is -0.395 e. The predicted octanol–water partition coefficient (Wildman–Crippen LogP) is 1.44. The molecule has 7 nitrogen and oxygen atoms in total. The van der Waals surface area contributed by atoms with Crippen LogP contribution in [0.15, 0.2) is 16.5 Å². The lowest BCUT2D eigenvalue weighted by molar-refractivity contribution is -0.402. The number of nitro groups is 1. The molecule has 0 aliphatic carbocycles. The monoisotopic (exact) mass is 254 g/mol. The van der Waals surface area contributed by atoms with Crippen molar-refractivity contribution in [2.75, 3.05) is 13.2 Å². The summed E-state index contributed by atoms with van der Waals surface area (Å²) in [6, 6.07) is 2.44. The van der Waals surface area contributed by atoms with Gasteiger partial charge in [-0.2, -0.15) is 0 Å². The summed E-state index contributed by atoms with van der Waals surface area (Å²) in [5.41, 5.74) is 0. The second kappa shape index (κ2) is 4.77. The van der Waals surface area contributed by atoms with Crippen LogP contribution in [0.2, 0.25) is 0 Å². The first kappa shape index (κ1) is 12.6. The molecule has 1 aliphatic rings. The van der Waals surface area contributed by atoms with Crippen molar-refractivity contribution in [3.05, 3.63) is 28.0 Å². The summed E-state index contributed by atoms with van der Waals surface area (Å²) >= 11 is 0. The third-order valence-electron chi connectivity index (χ3n) is 2.85. The highest BCUT2D eigenvalue weighted by atomic mass is 16.6. The topological polar surface area (TPSA) is 85.8 Å². The fourth-order valence-corrected chi connectivity index (χ4v) is 1.87. The van der Waals surface area contributed by atoms with E-state index in [2.05, 4.69) is 0 Å². The van der Waals surface area contributed by atoms with E-state index in [1.165, 1.54) is 12.1 Å². The van der Waals surface area contributed by atoms with Gasteiger partial charge in [0.2, 0.25) is 0 Å². The van der Waals surface area contributed by atoms with Crippen molar-refractivity contribution in [1.29, 1.82) is 0 Å². The second-order valence-electron chi connectivity index (χ2n) is 4.35. The summed E-state index contributed by atoms with van der Waals surface area (Å²) < 4.78 is 10.3. The van der Waals surface area contributed by atoms with Gasteiger partial charge >= 0.3 is 5.88 Å². The van der Waals surface area contributed by atoms with Gasteiger partial charge in [-0.3, -0.25) is 14.9 Å². The van der Waals surface area contributed by atoms with Crippen molar-refractivity contribution >= 4 is 11.8 Å². The largest absolute Gasteiger partial charge is 0.433 e. The zero-order valence-electron chi connectivity index (χ0n) is 10.2. The number of carbonyl (C=O) groups is 1. The maximum atomic E-state index is 12.1. The van der Waals surface area contributed by atoms with Crippen molar-refractivity contribution in [1.82, 2.24) is 4.90 Å². The van der Waals surface area contributed by atoms with Crippen molar-refractivity contribution in [3.8, 4) is 0 Å². The summed E-state index contributed by atoms with van der Waals surface area (Å²) in [4.78, 5) is 23.6. The number of ether oxygens (including phenoxy) is 1. The van der Waals surface area contributed by atoms with Crippen molar-refractivity contribution in [3.63, 3.8) is 0 Å². The van der Waals surface area contributed by atoms with Crippen LogP contribution in [0.4, 0.5) is 5.88 Å². The number of morpholine rings is 1. The second-order valence-corrected chi connectivity index (χ2v) is 4.35. The normalized spacial score (nSPS) is 24.0. The number of furan rings is 1. The lowest BCUT2D eigenvalue weighted by Gasteiger charge is -2.36. The summed E-state index contributed by atoms with van der Waals surface area (Å²) in [5.74, 6) is -0.777. The molecule has 2 atom stereocenters. The molecule has 0 aromatic carbocycles. The van der Waals surface area contributed by atoms with Crippen LogP contribution in [0.5, 0.6) is 0 Å². The Balaban J connectivity index is 2.16. The third-order valence-corrected chi connectivity index (χ3v) is 2.85. The van der Waals surface area contributed by atoms with Crippen LogP contribution in [-0.4, -0.2) is 41.0 Å². The molecule has 2 heterocycles. The molecular formula is C11H14N2O5. The minimum absolute atomic E-state index is 0.0114. The van der Waals surface area contributed by atoms with Gasteiger partial charge in [0.25, 0.3) is 5.91 Å². The molecule has 0 saturated carbocycles. The zero-order chi connectivity index (χ0) is 13.3. The Kier molecular flexibility index (Phi) is 3.33. The number of hydrogen-bond acceptors (Lipinski definition) is 5. The molecule has 2 rings (SSSR count). The molecule has 7 heteroatoms. The lowest BCUT2D eigenvalue weighted by atomic mass is 10.2. The fraction of sp³-hybridized carbons (Fsp3) is 0.545. The SMILES string of the molecule is C[C@@H]1CN(C(=O)c2ccc([N+](=O)[O-])o2)[C@@H](C)CO1. The third kappa shape index (κ3) is 2.35. The first-order valence-corrected chi connectivity index (χ1v) is 5.66. The Morgan fingerprint density at radius 3 is 2.83 bits per heavy atom. The highest BCUT2D eigenvalue weighted by Gasteiger charge is 2.30. The summed E-state index contributed by atoms with van der Waals surface area (Å²) in [5, 5.41) is 10.5. The molecule has 18 heavy (non-hydrogen) atoms. The van der Waals surface area contributed by atoms with Gasteiger partial charge in [-0.25, -0.2) is 0 Å². The van der Waals surface area contributed by atoms with Crippen molar-refractivity contribution in [2.45, 2.75) is 26.0 Å². The van der Waals surface area contributed by atoms with E-state index in [4.69, 9.17) is 9.15 Å². The Hall–Kier alpha value is -1.89. The van der Waals surface area contributed by atoms with Gasteiger partial charge in [0.1, 0.15) is 4.92 Å². The number of rotatable bonds is 2. The van der Waals surface area contributed by atoms with Gasteiger partial charge in [0.05, 0.1) is 24.8 Å². The lowest BCUT2D eigenvalue weighted by Crippen LogP contribution is -2.50. The van der Waals surface area contributed by atoms with E-state index >= 15 is 0 Å². The van der Waals surface area contributed by atoms with Crippen LogP contribution >= 0.6 is 0 Å². The molecule has 1 amide bonds. The smallest absolute Gasteiger partial charge is 0.395 e. The highest BCUT2D eigenvalue weighted by molar-refractivity contribution is 5.92. The number of amides is 1. The van der Waals surface area contributed by atoms with E-state index in [1.54, 1.807) is 4.90 Å². The predicted molar refractivity (Wildman–Crippen MR) is 61.3 cm³/mol. The van der Waals surface area contributed by atoms with E-state index in [0.29, 0.717) is 13.2 Å². The first-order chi connectivity index (χ1) is 8.49. The number of hydrogen-bond donors (Lipinski definition) is 0. The van der Waals surface area contributed by atoms with Gasteiger partial charge in [-0.1, -0.05) is 0 Å². The van der Waals surface area contributed by atoms with Gasteiger partial charge in [-0.15, -0.1) is 0 Å². The molecule has 0 radical (unpaired) electrons. The van der Waals surface area contributed by atoms with E-state index < -0.39 is 10.8 Å². The maximum Gasteiger partial charge on any atom is 0.433 e. The van der Waals surface area contributed by atoms with Crippen LogP contribution < -0.4 is 0 Å². The summed E-state index contributed by atoms with van der Waals surface area (Å²) in [7, 11) is 0. The molecule has 0 bridgehead atoms. The molecule has 1 aliphatic heterocycles. The minimum atomic E-state index is -0.665. The fourth-order valence-electron chi connectivity index (χ4n) is 1.87. The molecule has 0 spiro atoms. The molecular weight excluding hydrogens is 240 g/mol. The molecule has 1 fully saturated rings.